The van der Waals surface area contributed by atoms with Crippen molar-refractivity contribution in [3.63, 3.8) is 0 Å². The summed E-state index contributed by atoms with van der Waals surface area (Å²) in [7, 11) is -0.681. The summed E-state index contributed by atoms with van der Waals surface area (Å²) in [5, 5.41) is 0.169. The van der Waals surface area contributed by atoms with Crippen LogP contribution in [0.3, 0.4) is 0 Å². The molecule has 0 fully saturated rings. The first-order valence-electron chi connectivity index (χ1n) is 6.23. The van der Waals surface area contributed by atoms with Crippen molar-refractivity contribution in [1.82, 2.24) is 9.97 Å². The number of ether oxygens (including phenoxy) is 3. The van der Waals surface area contributed by atoms with Crippen molar-refractivity contribution in [2.24, 2.45) is 0 Å². The lowest BCUT2D eigenvalue weighted by Gasteiger charge is -2.13. The Hall–Kier alpha value is -2.26. The molecule has 23 heavy (non-hydrogen) atoms. The molecule has 0 saturated heterocycles. The molecule has 0 aliphatic rings. The summed E-state index contributed by atoms with van der Waals surface area (Å²) < 4.78 is 40.8. The second kappa shape index (κ2) is 6.88. The second-order valence-electron chi connectivity index (χ2n) is 4.32. The molecule has 1 aromatic carbocycles. The van der Waals surface area contributed by atoms with Crippen LogP contribution >= 0.6 is 11.6 Å². The average molecular weight is 360 g/mol. The number of para-hydroxylation sites is 1. The maximum Gasteiger partial charge on any atom is 0.328 e. The SMILES string of the molecule is COc1cc(OC)nc(Oc2cccc(Cl)c2NS(C)(=O)=O)n1. The predicted octanol–water partition coefficient (Wildman–Crippen LogP) is 2.31. The van der Waals surface area contributed by atoms with Gasteiger partial charge in [-0.2, -0.15) is 9.97 Å². The molecule has 0 aliphatic carbocycles. The Morgan fingerprint density at radius 1 is 1.13 bits per heavy atom. The van der Waals surface area contributed by atoms with Crippen molar-refractivity contribution in [1.29, 1.82) is 0 Å². The summed E-state index contributed by atoms with van der Waals surface area (Å²) in [5.41, 5.74) is 0.0852. The third kappa shape index (κ3) is 4.60. The molecule has 124 valence electrons. The molecule has 0 aliphatic heterocycles. The molecule has 2 rings (SSSR count). The van der Waals surface area contributed by atoms with E-state index < -0.39 is 10.0 Å². The molecule has 0 atom stereocenters. The molecular weight excluding hydrogens is 346 g/mol. The molecule has 1 N–H and O–H groups in total. The summed E-state index contributed by atoms with van der Waals surface area (Å²) in [4.78, 5) is 8.01. The predicted molar refractivity (Wildman–Crippen MR) is 85.1 cm³/mol. The normalized spacial score (nSPS) is 11.0. The van der Waals surface area contributed by atoms with E-state index in [4.69, 9.17) is 25.8 Å². The lowest BCUT2D eigenvalue weighted by atomic mass is 10.3. The summed E-state index contributed by atoms with van der Waals surface area (Å²) >= 11 is 6.02. The van der Waals surface area contributed by atoms with Gasteiger partial charge in [0.15, 0.2) is 5.75 Å². The van der Waals surface area contributed by atoms with Gasteiger partial charge in [0.25, 0.3) is 0 Å². The van der Waals surface area contributed by atoms with Crippen LogP contribution in [-0.4, -0.2) is 38.9 Å². The van der Waals surface area contributed by atoms with Crippen molar-refractivity contribution in [2.45, 2.75) is 0 Å². The zero-order valence-corrected chi connectivity index (χ0v) is 14.1. The third-order valence-corrected chi connectivity index (χ3v) is 3.43. The van der Waals surface area contributed by atoms with Crippen LogP contribution in [-0.2, 0) is 10.0 Å². The maximum absolute atomic E-state index is 11.5. The van der Waals surface area contributed by atoms with Crippen LogP contribution < -0.4 is 18.9 Å². The first-order chi connectivity index (χ1) is 10.8. The van der Waals surface area contributed by atoms with E-state index >= 15 is 0 Å². The number of nitrogens with one attached hydrogen (secondary N) is 1. The fraction of sp³-hybridized carbons (Fsp3) is 0.231. The number of benzene rings is 1. The van der Waals surface area contributed by atoms with Crippen molar-refractivity contribution < 1.29 is 22.6 Å². The highest BCUT2D eigenvalue weighted by Crippen LogP contribution is 2.35. The van der Waals surface area contributed by atoms with E-state index in [1.165, 1.54) is 32.4 Å². The minimum Gasteiger partial charge on any atom is -0.481 e. The van der Waals surface area contributed by atoms with Gasteiger partial charge in [0, 0.05) is 0 Å². The van der Waals surface area contributed by atoms with Gasteiger partial charge in [0.05, 0.1) is 31.6 Å². The number of rotatable bonds is 6. The monoisotopic (exact) mass is 359 g/mol. The Balaban J connectivity index is 2.42. The van der Waals surface area contributed by atoms with Crippen LogP contribution in [0.25, 0.3) is 0 Å². The summed E-state index contributed by atoms with van der Waals surface area (Å²) in [6.45, 7) is 0. The lowest BCUT2D eigenvalue weighted by molar-refractivity contribution is 0.348. The fourth-order valence-corrected chi connectivity index (χ4v) is 2.46. The average Bonchev–Trinajstić information content (AvgIpc) is 2.49. The first-order valence-corrected chi connectivity index (χ1v) is 8.50. The molecule has 0 saturated carbocycles. The standard InChI is InChI=1S/C13H14ClN3O5S/c1-20-10-7-11(21-2)16-13(15-10)22-9-6-4-5-8(14)12(9)17-23(3,18)19/h4-7,17H,1-3H3. The van der Waals surface area contributed by atoms with E-state index in [0.29, 0.717) is 0 Å². The van der Waals surface area contributed by atoms with Gasteiger partial charge in [-0.25, -0.2) is 8.42 Å². The largest absolute Gasteiger partial charge is 0.481 e. The van der Waals surface area contributed by atoms with Crippen LogP contribution in [0.1, 0.15) is 0 Å². The van der Waals surface area contributed by atoms with Crippen LogP contribution in [0.15, 0.2) is 24.3 Å². The third-order valence-electron chi connectivity index (χ3n) is 2.54. The van der Waals surface area contributed by atoms with E-state index in [9.17, 15) is 8.42 Å². The molecular formula is C13H14ClN3O5S. The number of halogens is 1. The minimum atomic E-state index is -3.54. The van der Waals surface area contributed by atoms with Gasteiger partial charge in [-0.15, -0.1) is 0 Å². The van der Waals surface area contributed by atoms with E-state index in [1.54, 1.807) is 6.07 Å². The lowest BCUT2D eigenvalue weighted by Crippen LogP contribution is -2.11. The number of methoxy groups -OCH3 is 2. The zero-order valence-electron chi connectivity index (χ0n) is 12.5. The van der Waals surface area contributed by atoms with Crippen LogP contribution in [0, 0.1) is 0 Å². The number of hydrogen-bond donors (Lipinski definition) is 1. The Morgan fingerprint density at radius 2 is 1.74 bits per heavy atom. The second-order valence-corrected chi connectivity index (χ2v) is 6.48. The number of sulfonamides is 1. The zero-order chi connectivity index (χ0) is 17.0. The first kappa shape index (κ1) is 17.1. The highest BCUT2D eigenvalue weighted by molar-refractivity contribution is 7.92. The molecule has 0 amide bonds. The quantitative estimate of drug-likeness (QED) is 0.844. The van der Waals surface area contributed by atoms with Gasteiger partial charge < -0.3 is 14.2 Å². The van der Waals surface area contributed by atoms with E-state index in [0.717, 1.165) is 6.26 Å². The fourth-order valence-electron chi connectivity index (χ4n) is 1.61. The molecule has 1 heterocycles. The minimum absolute atomic E-state index is 0.0833. The molecule has 0 bridgehead atoms. The molecule has 0 radical (unpaired) electrons. The van der Waals surface area contributed by atoms with Crippen molar-refractivity contribution >= 4 is 27.3 Å². The topological polar surface area (TPSA) is 99.6 Å². The molecule has 2 aromatic rings. The summed E-state index contributed by atoms with van der Waals surface area (Å²) in [6, 6.07) is 6.03. The number of anilines is 1. The molecule has 0 spiro atoms. The van der Waals surface area contributed by atoms with E-state index in [-0.39, 0.29) is 34.2 Å². The Kier molecular flexibility index (Phi) is 5.12. The summed E-state index contributed by atoms with van der Waals surface area (Å²) in [6.07, 6.45) is 1.01. The molecule has 1 aromatic heterocycles. The van der Waals surface area contributed by atoms with Gasteiger partial charge in [-0.1, -0.05) is 17.7 Å². The highest BCUT2D eigenvalue weighted by Gasteiger charge is 2.15. The van der Waals surface area contributed by atoms with Gasteiger partial charge in [-0.05, 0) is 12.1 Å². The molecule has 10 heteroatoms. The molecule has 8 nitrogen and oxygen atoms in total. The number of hydrogen-bond acceptors (Lipinski definition) is 7. The van der Waals surface area contributed by atoms with Gasteiger partial charge in [0.1, 0.15) is 5.69 Å². The Morgan fingerprint density at radius 3 is 2.26 bits per heavy atom. The summed E-state index contributed by atoms with van der Waals surface area (Å²) in [5.74, 6) is 0.594. The van der Waals surface area contributed by atoms with Gasteiger partial charge in [-0.3, -0.25) is 4.72 Å². The van der Waals surface area contributed by atoms with Crippen LogP contribution in [0.4, 0.5) is 5.69 Å². The van der Waals surface area contributed by atoms with Crippen LogP contribution in [0.5, 0.6) is 23.5 Å². The van der Waals surface area contributed by atoms with Gasteiger partial charge >= 0.3 is 6.01 Å². The number of aromatic nitrogens is 2. The van der Waals surface area contributed by atoms with Crippen molar-refractivity contribution in [3.05, 3.63) is 29.3 Å². The number of nitrogens with zero attached hydrogens (tertiary/aromatic N) is 2. The van der Waals surface area contributed by atoms with Crippen molar-refractivity contribution in [2.75, 3.05) is 25.2 Å². The Labute approximate surface area is 138 Å². The van der Waals surface area contributed by atoms with Crippen LogP contribution in [0.2, 0.25) is 5.02 Å². The highest BCUT2D eigenvalue weighted by atomic mass is 35.5. The van der Waals surface area contributed by atoms with Gasteiger partial charge in [0.2, 0.25) is 21.8 Å². The Bertz CT molecular complexity index is 791. The van der Waals surface area contributed by atoms with Crippen molar-refractivity contribution in [3.8, 4) is 23.5 Å². The van der Waals surface area contributed by atoms with E-state index in [1.807, 2.05) is 0 Å². The molecule has 0 unspecified atom stereocenters. The van der Waals surface area contributed by atoms with E-state index in [2.05, 4.69) is 14.7 Å². The smallest absolute Gasteiger partial charge is 0.328 e. The maximum atomic E-state index is 11.5.